The second-order valence-corrected chi connectivity index (χ2v) is 5.79. The second kappa shape index (κ2) is 7.45. The number of esters is 2. The molecule has 1 atom stereocenters. The number of methoxy groups -OCH3 is 1. The zero-order chi connectivity index (χ0) is 18.7. The fourth-order valence-corrected chi connectivity index (χ4v) is 2.50. The number of ether oxygens (including phenoxy) is 2. The summed E-state index contributed by atoms with van der Waals surface area (Å²) in [6, 6.07) is 12.0. The molecule has 0 N–H and O–H groups in total. The number of benzene rings is 1. The third-order valence-corrected chi connectivity index (χ3v) is 3.80. The van der Waals surface area contributed by atoms with E-state index in [1.165, 1.54) is 31.0 Å². The van der Waals surface area contributed by atoms with Crippen LogP contribution in [0.15, 0.2) is 53.1 Å². The molecule has 0 radical (unpaired) electrons. The highest BCUT2D eigenvalue weighted by Gasteiger charge is 2.24. The molecule has 7 nitrogen and oxygen atoms in total. The Labute approximate surface area is 154 Å². The molecule has 134 valence electrons. The van der Waals surface area contributed by atoms with Crippen LogP contribution in [0.3, 0.4) is 0 Å². The van der Waals surface area contributed by atoms with Crippen LogP contribution in [-0.4, -0.2) is 34.9 Å². The average Bonchev–Trinajstić information content (AvgIpc) is 3.30. The molecule has 2 heterocycles. The number of hydrogen-bond acceptors (Lipinski definition) is 6. The van der Waals surface area contributed by atoms with Crippen LogP contribution in [0.1, 0.15) is 17.4 Å². The van der Waals surface area contributed by atoms with Gasteiger partial charge in [0.25, 0.3) is 0 Å². The SMILES string of the molecule is COC(=O)C(C)OC(=O)c1cc(-c2ccco2)n(-c2cccc(Cl)c2)n1. The van der Waals surface area contributed by atoms with E-state index in [1.807, 2.05) is 0 Å². The standard InChI is InChI=1S/C18H15ClN2O5/c1-11(17(22)24-2)26-18(23)14-10-15(16-7-4-8-25-16)21(20-14)13-6-3-5-12(19)9-13/h3-11H,1-2H3. The summed E-state index contributed by atoms with van der Waals surface area (Å²) in [6.07, 6.45) is 0.470. The number of rotatable bonds is 5. The summed E-state index contributed by atoms with van der Waals surface area (Å²) >= 11 is 6.05. The fraction of sp³-hybridized carbons (Fsp3) is 0.167. The number of aromatic nitrogens is 2. The molecule has 0 aliphatic carbocycles. The van der Waals surface area contributed by atoms with Gasteiger partial charge in [0.2, 0.25) is 0 Å². The molecule has 26 heavy (non-hydrogen) atoms. The van der Waals surface area contributed by atoms with Gasteiger partial charge in [0.15, 0.2) is 17.6 Å². The number of furan rings is 1. The van der Waals surface area contributed by atoms with Crippen molar-refractivity contribution in [2.75, 3.05) is 7.11 Å². The van der Waals surface area contributed by atoms with Crippen LogP contribution in [0.4, 0.5) is 0 Å². The van der Waals surface area contributed by atoms with Crippen LogP contribution in [0.2, 0.25) is 5.02 Å². The van der Waals surface area contributed by atoms with E-state index in [9.17, 15) is 9.59 Å². The van der Waals surface area contributed by atoms with Gasteiger partial charge in [-0.15, -0.1) is 0 Å². The molecule has 1 unspecified atom stereocenters. The van der Waals surface area contributed by atoms with Crippen LogP contribution >= 0.6 is 11.6 Å². The highest BCUT2D eigenvalue weighted by Crippen LogP contribution is 2.26. The Kier molecular flexibility index (Phi) is 5.09. The average molecular weight is 375 g/mol. The van der Waals surface area contributed by atoms with Crippen LogP contribution in [0, 0.1) is 0 Å². The van der Waals surface area contributed by atoms with Crippen molar-refractivity contribution < 1.29 is 23.5 Å². The molecule has 1 aromatic carbocycles. The maximum Gasteiger partial charge on any atom is 0.359 e. The van der Waals surface area contributed by atoms with Gasteiger partial charge in [-0.05, 0) is 37.3 Å². The number of hydrogen-bond donors (Lipinski definition) is 0. The monoisotopic (exact) mass is 374 g/mol. The zero-order valence-electron chi connectivity index (χ0n) is 14.0. The predicted molar refractivity (Wildman–Crippen MR) is 93.2 cm³/mol. The predicted octanol–water partition coefficient (Wildman–Crippen LogP) is 3.50. The van der Waals surface area contributed by atoms with Crippen molar-refractivity contribution >= 4 is 23.5 Å². The number of nitrogens with zero attached hydrogens (tertiary/aromatic N) is 2. The highest BCUT2D eigenvalue weighted by molar-refractivity contribution is 6.30. The summed E-state index contributed by atoms with van der Waals surface area (Å²) in [5.41, 5.74) is 1.20. The lowest BCUT2D eigenvalue weighted by atomic mass is 10.2. The van der Waals surface area contributed by atoms with Gasteiger partial charge in [-0.2, -0.15) is 5.10 Å². The lowest BCUT2D eigenvalue weighted by Crippen LogP contribution is -2.25. The Morgan fingerprint density at radius 3 is 2.69 bits per heavy atom. The first-order valence-corrected chi connectivity index (χ1v) is 8.06. The Morgan fingerprint density at radius 1 is 1.23 bits per heavy atom. The van der Waals surface area contributed by atoms with Crippen molar-refractivity contribution in [2.24, 2.45) is 0 Å². The maximum atomic E-state index is 12.3. The minimum absolute atomic E-state index is 0.0205. The molecule has 0 saturated carbocycles. The number of halogens is 1. The summed E-state index contributed by atoms with van der Waals surface area (Å²) in [7, 11) is 1.22. The largest absolute Gasteiger partial charge is 0.466 e. The van der Waals surface area contributed by atoms with Crippen molar-refractivity contribution in [3.8, 4) is 17.1 Å². The van der Waals surface area contributed by atoms with Crippen LogP contribution in [-0.2, 0) is 14.3 Å². The normalized spacial score (nSPS) is 11.8. The minimum atomic E-state index is -1.05. The van der Waals surface area contributed by atoms with Crippen LogP contribution in [0.5, 0.6) is 0 Å². The van der Waals surface area contributed by atoms with Crippen molar-refractivity contribution in [3.05, 3.63) is 59.4 Å². The molecule has 2 aromatic heterocycles. The first kappa shape index (κ1) is 17.8. The van der Waals surface area contributed by atoms with Crippen molar-refractivity contribution in [2.45, 2.75) is 13.0 Å². The zero-order valence-corrected chi connectivity index (χ0v) is 14.8. The molecular weight excluding hydrogens is 360 g/mol. The molecule has 3 rings (SSSR count). The third kappa shape index (κ3) is 3.62. The molecule has 0 aliphatic rings. The lowest BCUT2D eigenvalue weighted by molar-refractivity contribution is -0.149. The van der Waals surface area contributed by atoms with E-state index >= 15 is 0 Å². The molecule has 0 fully saturated rings. The first-order chi connectivity index (χ1) is 12.5. The lowest BCUT2D eigenvalue weighted by Gasteiger charge is -2.09. The summed E-state index contributed by atoms with van der Waals surface area (Å²) in [6.45, 7) is 1.42. The Balaban J connectivity index is 1.99. The molecular formula is C18H15ClN2O5. The summed E-state index contributed by atoms with van der Waals surface area (Å²) in [4.78, 5) is 23.8. The molecule has 0 spiro atoms. The molecule has 8 heteroatoms. The minimum Gasteiger partial charge on any atom is -0.466 e. The second-order valence-electron chi connectivity index (χ2n) is 5.35. The van der Waals surface area contributed by atoms with Gasteiger partial charge in [-0.3, -0.25) is 0 Å². The molecule has 0 bridgehead atoms. The van der Waals surface area contributed by atoms with Gasteiger partial charge >= 0.3 is 11.9 Å². The smallest absolute Gasteiger partial charge is 0.359 e. The highest BCUT2D eigenvalue weighted by atomic mass is 35.5. The van der Waals surface area contributed by atoms with Crippen molar-refractivity contribution in [3.63, 3.8) is 0 Å². The van der Waals surface area contributed by atoms with Gasteiger partial charge in [0, 0.05) is 11.1 Å². The Bertz CT molecular complexity index is 933. The summed E-state index contributed by atoms with van der Waals surface area (Å²) < 4.78 is 16.6. The van der Waals surface area contributed by atoms with Crippen molar-refractivity contribution in [1.29, 1.82) is 0 Å². The number of carbonyl (C=O) groups is 2. The van der Waals surface area contributed by atoms with Crippen LogP contribution < -0.4 is 0 Å². The topological polar surface area (TPSA) is 83.6 Å². The Morgan fingerprint density at radius 2 is 2.04 bits per heavy atom. The first-order valence-electron chi connectivity index (χ1n) is 7.68. The molecule has 0 saturated heterocycles. The van der Waals surface area contributed by atoms with Gasteiger partial charge in [-0.1, -0.05) is 17.7 Å². The Hall–Kier alpha value is -3.06. The maximum absolute atomic E-state index is 12.3. The van der Waals surface area contributed by atoms with Gasteiger partial charge in [0.05, 0.1) is 19.1 Å². The summed E-state index contributed by atoms with van der Waals surface area (Å²) in [5.74, 6) is -0.895. The van der Waals surface area contributed by atoms with E-state index in [0.29, 0.717) is 22.2 Å². The van der Waals surface area contributed by atoms with Crippen LogP contribution in [0.25, 0.3) is 17.1 Å². The number of carbonyl (C=O) groups excluding carboxylic acids is 2. The molecule has 0 aliphatic heterocycles. The van der Waals surface area contributed by atoms with E-state index < -0.39 is 18.0 Å². The van der Waals surface area contributed by atoms with Crippen molar-refractivity contribution in [1.82, 2.24) is 9.78 Å². The van der Waals surface area contributed by atoms with E-state index in [4.69, 9.17) is 20.8 Å². The van der Waals surface area contributed by atoms with E-state index in [1.54, 1.807) is 36.4 Å². The molecule has 3 aromatic rings. The third-order valence-electron chi connectivity index (χ3n) is 3.56. The van der Waals surface area contributed by atoms with Gasteiger partial charge < -0.3 is 13.9 Å². The van der Waals surface area contributed by atoms with Gasteiger partial charge in [0.1, 0.15) is 5.69 Å². The van der Waals surface area contributed by atoms with E-state index in [-0.39, 0.29) is 5.69 Å². The van der Waals surface area contributed by atoms with E-state index in [2.05, 4.69) is 9.84 Å². The quantitative estimate of drug-likeness (QED) is 0.635. The molecule has 0 amide bonds. The summed E-state index contributed by atoms with van der Waals surface area (Å²) in [5, 5.41) is 4.81. The van der Waals surface area contributed by atoms with E-state index in [0.717, 1.165) is 0 Å². The fourth-order valence-electron chi connectivity index (χ4n) is 2.32. The van der Waals surface area contributed by atoms with Gasteiger partial charge in [-0.25, -0.2) is 14.3 Å².